The standard InChI is InChI=1S/C18H23N3O2/c1-4-15-18(21-17(23)9-12(2)3)19-10-16(20-15)14-7-5-13(11-22)6-8-14/h5-8,10,12,22H,4,9,11H2,1-3H3,(H,19,21,23). The quantitative estimate of drug-likeness (QED) is 0.859. The Morgan fingerprint density at radius 1 is 1.26 bits per heavy atom. The molecule has 0 saturated carbocycles. The minimum absolute atomic E-state index is 0.0208. The average molecular weight is 313 g/mol. The Hall–Kier alpha value is -2.27. The topological polar surface area (TPSA) is 75.1 Å². The highest BCUT2D eigenvalue weighted by molar-refractivity contribution is 5.90. The van der Waals surface area contributed by atoms with Crippen LogP contribution in [0.2, 0.25) is 0 Å². The molecule has 0 fully saturated rings. The van der Waals surface area contributed by atoms with Crippen LogP contribution in [0.5, 0.6) is 0 Å². The summed E-state index contributed by atoms with van der Waals surface area (Å²) >= 11 is 0. The number of amides is 1. The number of hydrogen-bond donors (Lipinski definition) is 2. The number of benzene rings is 1. The summed E-state index contributed by atoms with van der Waals surface area (Å²) in [5, 5.41) is 11.9. The molecule has 5 nitrogen and oxygen atoms in total. The number of nitrogens with one attached hydrogen (secondary N) is 1. The first-order chi connectivity index (χ1) is 11.0. The van der Waals surface area contributed by atoms with Crippen LogP contribution in [0.4, 0.5) is 5.82 Å². The molecule has 1 aromatic carbocycles. The molecule has 1 heterocycles. The van der Waals surface area contributed by atoms with Gasteiger partial charge in [-0.15, -0.1) is 0 Å². The Bertz CT molecular complexity index is 666. The van der Waals surface area contributed by atoms with E-state index in [2.05, 4.69) is 15.3 Å². The third-order valence-corrected chi connectivity index (χ3v) is 3.46. The molecule has 0 spiro atoms. The number of rotatable bonds is 6. The van der Waals surface area contributed by atoms with Gasteiger partial charge < -0.3 is 10.4 Å². The molecular weight excluding hydrogens is 290 g/mol. The van der Waals surface area contributed by atoms with E-state index in [1.165, 1.54) is 0 Å². The van der Waals surface area contributed by atoms with Gasteiger partial charge in [0.25, 0.3) is 0 Å². The van der Waals surface area contributed by atoms with Crippen LogP contribution in [-0.4, -0.2) is 21.0 Å². The number of carbonyl (C=O) groups is 1. The summed E-state index contributed by atoms with van der Waals surface area (Å²) < 4.78 is 0. The van der Waals surface area contributed by atoms with Crippen LogP contribution < -0.4 is 5.32 Å². The van der Waals surface area contributed by atoms with Gasteiger partial charge in [-0.1, -0.05) is 45.0 Å². The molecular formula is C18H23N3O2. The molecule has 0 atom stereocenters. The molecule has 0 aliphatic heterocycles. The smallest absolute Gasteiger partial charge is 0.225 e. The Morgan fingerprint density at radius 3 is 2.52 bits per heavy atom. The minimum atomic E-state index is -0.0379. The Labute approximate surface area is 136 Å². The van der Waals surface area contributed by atoms with Crippen molar-refractivity contribution in [2.45, 2.75) is 40.2 Å². The van der Waals surface area contributed by atoms with Gasteiger partial charge in [0.15, 0.2) is 5.82 Å². The van der Waals surface area contributed by atoms with Crippen LogP contribution in [-0.2, 0) is 17.8 Å². The highest BCUT2D eigenvalue weighted by Crippen LogP contribution is 2.21. The number of carbonyl (C=O) groups excluding carboxylic acids is 1. The summed E-state index contributed by atoms with van der Waals surface area (Å²) in [7, 11) is 0. The Morgan fingerprint density at radius 2 is 1.96 bits per heavy atom. The molecule has 5 heteroatoms. The fourth-order valence-electron chi connectivity index (χ4n) is 2.25. The first kappa shape index (κ1) is 17.1. The molecule has 0 aliphatic rings. The molecule has 0 radical (unpaired) electrons. The van der Waals surface area contributed by atoms with E-state index in [0.29, 0.717) is 24.6 Å². The van der Waals surface area contributed by atoms with Crippen LogP contribution >= 0.6 is 0 Å². The van der Waals surface area contributed by atoms with Crippen LogP contribution in [0, 0.1) is 5.92 Å². The molecule has 23 heavy (non-hydrogen) atoms. The summed E-state index contributed by atoms with van der Waals surface area (Å²) in [5.41, 5.74) is 3.32. The lowest BCUT2D eigenvalue weighted by Gasteiger charge is -2.11. The highest BCUT2D eigenvalue weighted by Gasteiger charge is 2.12. The predicted octanol–water partition coefficient (Wildman–Crippen LogP) is 3.18. The van der Waals surface area contributed by atoms with E-state index in [1.54, 1.807) is 6.20 Å². The normalized spacial score (nSPS) is 10.8. The minimum Gasteiger partial charge on any atom is -0.392 e. The van der Waals surface area contributed by atoms with E-state index in [-0.39, 0.29) is 12.5 Å². The summed E-state index contributed by atoms with van der Waals surface area (Å²) in [5.74, 6) is 0.801. The van der Waals surface area contributed by atoms with Gasteiger partial charge in [-0.25, -0.2) is 9.97 Å². The molecule has 0 aliphatic carbocycles. The van der Waals surface area contributed by atoms with Gasteiger partial charge in [0, 0.05) is 12.0 Å². The van der Waals surface area contributed by atoms with Crippen molar-refractivity contribution in [2.75, 3.05) is 5.32 Å². The van der Waals surface area contributed by atoms with E-state index in [0.717, 1.165) is 22.5 Å². The lowest BCUT2D eigenvalue weighted by atomic mass is 10.1. The van der Waals surface area contributed by atoms with Crippen LogP contribution in [0.1, 0.15) is 38.4 Å². The van der Waals surface area contributed by atoms with Gasteiger partial charge in [-0.3, -0.25) is 4.79 Å². The number of anilines is 1. The maximum atomic E-state index is 11.9. The zero-order chi connectivity index (χ0) is 16.8. The van der Waals surface area contributed by atoms with Crippen molar-refractivity contribution in [1.82, 2.24) is 9.97 Å². The molecule has 2 rings (SSSR count). The fourth-order valence-corrected chi connectivity index (χ4v) is 2.25. The van der Waals surface area contributed by atoms with Gasteiger partial charge in [-0.05, 0) is 17.9 Å². The average Bonchev–Trinajstić information content (AvgIpc) is 2.54. The van der Waals surface area contributed by atoms with Crippen LogP contribution in [0.25, 0.3) is 11.3 Å². The summed E-state index contributed by atoms with van der Waals surface area (Å²) in [6.45, 7) is 6.02. The van der Waals surface area contributed by atoms with Crippen molar-refractivity contribution in [3.8, 4) is 11.3 Å². The summed E-state index contributed by atoms with van der Waals surface area (Å²) in [6, 6.07) is 7.54. The molecule has 2 N–H and O–H groups in total. The number of aryl methyl sites for hydroxylation is 1. The summed E-state index contributed by atoms with van der Waals surface area (Å²) in [4.78, 5) is 20.9. The van der Waals surface area contributed by atoms with Crippen molar-refractivity contribution >= 4 is 11.7 Å². The van der Waals surface area contributed by atoms with Crippen LogP contribution in [0.3, 0.4) is 0 Å². The number of hydrogen-bond acceptors (Lipinski definition) is 4. The second kappa shape index (κ2) is 7.83. The monoisotopic (exact) mass is 313 g/mol. The predicted molar refractivity (Wildman–Crippen MR) is 90.9 cm³/mol. The lowest BCUT2D eigenvalue weighted by molar-refractivity contribution is -0.116. The van der Waals surface area contributed by atoms with Crippen molar-refractivity contribution in [3.05, 3.63) is 41.7 Å². The number of aliphatic hydroxyl groups is 1. The number of aromatic nitrogens is 2. The first-order valence-electron chi connectivity index (χ1n) is 7.89. The molecule has 122 valence electrons. The third kappa shape index (κ3) is 4.60. The largest absolute Gasteiger partial charge is 0.392 e. The lowest BCUT2D eigenvalue weighted by Crippen LogP contribution is -2.16. The van der Waals surface area contributed by atoms with Crippen molar-refractivity contribution < 1.29 is 9.90 Å². The zero-order valence-corrected chi connectivity index (χ0v) is 13.8. The van der Waals surface area contributed by atoms with Crippen molar-refractivity contribution in [1.29, 1.82) is 0 Å². The maximum Gasteiger partial charge on any atom is 0.225 e. The van der Waals surface area contributed by atoms with E-state index >= 15 is 0 Å². The third-order valence-electron chi connectivity index (χ3n) is 3.46. The van der Waals surface area contributed by atoms with Gasteiger partial charge in [0.1, 0.15) is 0 Å². The SMILES string of the molecule is CCc1nc(-c2ccc(CO)cc2)cnc1NC(=O)CC(C)C. The number of nitrogens with zero attached hydrogens (tertiary/aromatic N) is 2. The molecule has 0 bridgehead atoms. The second-order valence-electron chi connectivity index (χ2n) is 5.91. The van der Waals surface area contributed by atoms with E-state index in [1.807, 2.05) is 45.0 Å². The van der Waals surface area contributed by atoms with Gasteiger partial charge >= 0.3 is 0 Å². The van der Waals surface area contributed by atoms with E-state index in [4.69, 9.17) is 5.11 Å². The molecule has 0 unspecified atom stereocenters. The molecule has 0 saturated heterocycles. The highest BCUT2D eigenvalue weighted by atomic mass is 16.3. The van der Waals surface area contributed by atoms with E-state index < -0.39 is 0 Å². The Balaban J connectivity index is 2.22. The van der Waals surface area contributed by atoms with Gasteiger partial charge in [0.05, 0.1) is 24.2 Å². The Kier molecular flexibility index (Phi) is 5.82. The van der Waals surface area contributed by atoms with Crippen molar-refractivity contribution in [2.24, 2.45) is 5.92 Å². The van der Waals surface area contributed by atoms with Crippen molar-refractivity contribution in [3.63, 3.8) is 0 Å². The first-order valence-corrected chi connectivity index (χ1v) is 7.89. The van der Waals surface area contributed by atoms with Gasteiger partial charge in [0.2, 0.25) is 5.91 Å². The molecule has 2 aromatic rings. The van der Waals surface area contributed by atoms with Crippen LogP contribution in [0.15, 0.2) is 30.5 Å². The molecule has 1 amide bonds. The second-order valence-corrected chi connectivity index (χ2v) is 5.91. The van der Waals surface area contributed by atoms with E-state index in [9.17, 15) is 4.79 Å². The fraction of sp³-hybridized carbons (Fsp3) is 0.389. The molecule has 1 aromatic heterocycles. The van der Waals surface area contributed by atoms with Gasteiger partial charge in [-0.2, -0.15) is 0 Å². The zero-order valence-electron chi connectivity index (χ0n) is 13.8. The maximum absolute atomic E-state index is 11.9. The number of aliphatic hydroxyl groups excluding tert-OH is 1. The summed E-state index contributed by atoms with van der Waals surface area (Å²) in [6.07, 6.45) is 2.82.